The summed E-state index contributed by atoms with van der Waals surface area (Å²) in [7, 11) is 0. The molecule has 0 radical (unpaired) electrons. The number of hydrogen-bond acceptors (Lipinski definition) is 0. The minimum atomic E-state index is -0.644. The molecule has 2 aromatic rings. The van der Waals surface area contributed by atoms with Crippen LogP contribution in [0.4, 0.5) is 13.2 Å². The molecule has 3 heteroatoms. The summed E-state index contributed by atoms with van der Waals surface area (Å²) in [5.74, 6) is -0.483. The third-order valence-corrected chi connectivity index (χ3v) is 6.12. The van der Waals surface area contributed by atoms with Gasteiger partial charge in [-0.2, -0.15) is 0 Å². The van der Waals surface area contributed by atoms with Gasteiger partial charge in [0.15, 0.2) is 0 Å². The summed E-state index contributed by atoms with van der Waals surface area (Å²) in [5, 5.41) is 0. The summed E-state index contributed by atoms with van der Waals surface area (Å²) in [6.07, 6.45) is 9.84. The highest BCUT2D eigenvalue weighted by atomic mass is 19.1. The van der Waals surface area contributed by atoms with Gasteiger partial charge in [-0.1, -0.05) is 44.7 Å². The highest BCUT2D eigenvalue weighted by Crippen LogP contribution is 2.39. The lowest BCUT2D eigenvalue weighted by Crippen LogP contribution is -2.13. The number of hydrogen-bond donors (Lipinski definition) is 0. The summed E-state index contributed by atoms with van der Waals surface area (Å²) in [6.45, 7) is 3.61. The van der Waals surface area contributed by atoms with E-state index >= 15 is 0 Å². The topological polar surface area (TPSA) is 0 Å². The van der Waals surface area contributed by atoms with Crippen molar-refractivity contribution in [3.63, 3.8) is 0 Å². The normalized spacial score (nSPS) is 20.0. The lowest BCUT2D eigenvalue weighted by Gasteiger charge is -2.29. The van der Waals surface area contributed by atoms with Crippen molar-refractivity contribution in [1.29, 1.82) is 0 Å². The van der Waals surface area contributed by atoms with Gasteiger partial charge in [0.1, 0.15) is 17.5 Å². The highest BCUT2D eigenvalue weighted by molar-refractivity contribution is 5.65. The van der Waals surface area contributed by atoms with Crippen LogP contribution in [0.2, 0.25) is 0 Å². The van der Waals surface area contributed by atoms with Crippen molar-refractivity contribution in [3.8, 4) is 11.1 Å². The Kier molecular flexibility index (Phi) is 6.62. The molecule has 0 unspecified atom stereocenters. The number of halogens is 3. The number of benzene rings is 2. The first-order valence-corrected chi connectivity index (χ1v) is 10.2. The standard InChI is InChI=1S/C24H29F3/c1-3-4-5-6-17-7-9-18(10-8-17)19-11-12-21(24(27)13-19)20-14-22(25)16(2)23(26)15-20/h11-15,17-18H,3-10H2,1-2H3. The monoisotopic (exact) mass is 374 g/mol. The minimum Gasteiger partial charge on any atom is -0.207 e. The maximum absolute atomic E-state index is 14.7. The second kappa shape index (κ2) is 8.95. The number of rotatable bonds is 6. The van der Waals surface area contributed by atoms with Crippen molar-refractivity contribution in [2.24, 2.45) is 5.92 Å². The summed E-state index contributed by atoms with van der Waals surface area (Å²) in [4.78, 5) is 0. The molecule has 0 nitrogen and oxygen atoms in total. The van der Waals surface area contributed by atoms with Crippen LogP contribution in [0.5, 0.6) is 0 Å². The molecule has 0 saturated heterocycles. The Morgan fingerprint density at radius 2 is 1.52 bits per heavy atom. The van der Waals surface area contributed by atoms with Crippen LogP contribution in [0, 0.1) is 30.3 Å². The second-order valence-electron chi connectivity index (χ2n) is 8.02. The molecule has 0 spiro atoms. The van der Waals surface area contributed by atoms with E-state index in [1.54, 1.807) is 12.1 Å². The van der Waals surface area contributed by atoms with Crippen molar-refractivity contribution in [2.45, 2.75) is 71.1 Å². The molecule has 0 amide bonds. The van der Waals surface area contributed by atoms with E-state index in [1.165, 1.54) is 57.6 Å². The molecule has 3 rings (SSSR count). The van der Waals surface area contributed by atoms with Crippen LogP contribution in [0.3, 0.4) is 0 Å². The molecule has 0 aromatic heterocycles. The first-order valence-electron chi connectivity index (χ1n) is 10.2. The van der Waals surface area contributed by atoms with E-state index < -0.39 is 17.5 Å². The Hall–Kier alpha value is -1.77. The summed E-state index contributed by atoms with van der Waals surface area (Å²) in [5.41, 5.74) is 1.48. The van der Waals surface area contributed by atoms with Gasteiger partial charge in [0.25, 0.3) is 0 Å². The SMILES string of the molecule is CCCCCC1CCC(c2ccc(-c3cc(F)c(C)c(F)c3)c(F)c2)CC1. The predicted octanol–water partition coefficient (Wildman–Crippen LogP) is 7.93. The van der Waals surface area contributed by atoms with E-state index in [2.05, 4.69) is 6.92 Å². The summed E-state index contributed by atoms with van der Waals surface area (Å²) in [6, 6.07) is 7.57. The van der Waals surface area contributed by atoms with Crippen LogP contribution < -0.4 is 0 Å². The van der Waals surface area contributed by atoms with Gasteiger partial charge in [-0.25, -0.2) is 13.2 Å². The zero-order chi connectivity index (χ0) is 19.4. The third-order valence-electron chi connectivity index (χ3n) is 6.12. The average molecular weight is 374 g/mol. The van der Waals surface area contributed by atoms with Gasteiger partial charge in [0.2, 0.25) is 0 Å². The third kappa shape index (κ3) is 4.75. The molecule has 0 atom stereocenters. The van der Waals surface area contributed by atoms with Crippen molar-refractivity contribution in [2.75, 3.05) is 0 Å². The van der Waals surface area contributed by atoms with Gasteiger partial charge in [-0.05, 0) is 73.8 Å². The van der Waals surface area contributed by atoms with E-state index in [9.17, 15) is 13.2 Å². The quantitative estimate of drug-likeness (QED) is 0.450. The summed E-state index contributed by atoms with van der Waals surface area (Å²) < 4.78 is 42.3. The molecule has 0 bridgehead atoms. The van der Waals surface area contributed by atoms with Gasteiger partial charge in [0.05, 0.1) is 0 Å². The van der Waals surface area contributed by atoms with E-state index in [4.69, 9.17) is 0 Å². The molecule has 0 heterocycles. The Balaban J connectivity index is 1.69. The molecular weight excluding hydrogens is 345 g/mol. The van der Waals surface area contributed by atoms with Crippen LogP contribution in [0.15, 0.2) is 30.3 Å². The second-order valence-corrected chi connectivity index (χ2v) is 8.02. The molecule has 1 saturated carbocycles. The molecule has 0 aliphatic heterocycles. The lowest BCUT2D eigenvalue weighted by molar-refractivity contribution is 0.302. The molecule has 27 heavy (non-hydrogen) atoms. The first kappa shape index (κ1) is 20.0. The van der Waals surface area contributed by atoms with Gasteiger partial charge in [0, 0.05) is 11.1 Å². The molecule has 2 aromatic carbocycles. The zero-order valence-electron chi connectivity index (χ0n) is 16.3. The largest absolute Gasteiger partial charge is 0.207 e. The molecule has 1 aliphatic rings. The van der Waals surface area contributed by atoms with Crippen molar-refractivity contribution in [3.05, 3.63) is 58.9 Å². The van der Waals surface area contributed by atoms with Crippen LogP contribution in [0.1, 0.15) is 75.3 Å². The van der Waals surface area contributed by atoms with Crippen LogP contribution in [-0.4, -0.2) is 0 Å². The molecular formula is C24H29F3. The molecule has 0 N–H and O–H groups in total. The Morgan fingerprint density at radius 1 is 0.852 bits per heavy atom. The fraction of sp³-hybridized carbons (Fsp3) is 0.500. The fourth-order valence-electron chi connectivity index (χ4n) is 4.29. The highest BCUT2D eigenvalue weighted by Gasteiger charge is 2.23. The van der Waals surface area contributed by atoms with Crippen molar-refractivity contribution < 1.29 is 13.2 Å². The first-order chi connectivity index (χ1) is 13.0. The Labute approximate surface area is 160 Å². The van der Waals surface area contributed by atoms with Gasteiger partial charge < -0.3 is 0 Å². The molecule has 1 fully saturated rings. The Bertz CT molecular complexity index is 750. The zero-order valence-corrected chi connectivity index (χ0v) is 16.3. The van der Waals surface area contributed by atoms with E-state index in [0.29, 0.717) is 5.92 Å². The van der Waals surface area contributed by atoms with Crippen LogP contribution in [0.25, 0.3) is 11.1 Å². The predicted molar refractivity (Wildman–Crippen MR) is 105 cm³/mol. The average Bonchev–Trinajstić information content (AvgIpc) is 2.66. The maximum Gasteiger partial charge on any atom is 0.131 e. The molecule has 1 aliphatic carbocycles. The minimum absolute atomic E-state index is 0.0357. The van der Waals surface area contributed by atoms with Gasteiger partial charge in [-0.3, -0.25) is 0 Å². The lowest BCUT2D eigenvalue weighted by atomic mass is 9.77. The van der Waals surface area contributed by atoms with Crippen molar-refractivity contribution >= 4 is 0 Å². The smallest absolute Gasteiger partial charge is 0.131 e. The van der Waals surface area contributed by atoms with Crippen LogP contribution >= 0.6 is 0 Å². The van der Waals surface area contributed by atoms with E-state index in [0.717, 1.165) is 24.3 Å². The van der Waals surface area contributed by atoms with Gasteiger partial charge >= 0.3 is 0 Å². The van der Waals surface area contributed by atoms with Crippen LogP contribution in [-0.2, 0) is 0 Å². The summed E-state index contributed by atoms with van der Waals surface area (Å²) >= 11 is 0. The van der Waals surface area contributed by atoms with E-state index in [-0.39, 0.29) is 16.7 Å². The van der Waals surface area contributed by atoms with E-state index in [1.807, 2.05) is 6.07 Å². The maximum atomic E-state index is 14.7. The van der Waals surface area contributed by atoms with Gasteiger partial charge in [-0.15, -0.1) is 0 Å². The van der Waals surface area contributed by atoms with Crippen molar-refractivity contribution in [1.82, 2.24) is 0 Å². The fourth-order valence-corrected chi connectivity index (χ4v) is 4.29. The Morgan fingerprint density at radius 3 is 2.11 bits per heavy atom. The number of unbranched alkanes of at least 4 members (excludes halogenated alkanes) is 2. The molecule has 146 valence electrons.